The number of aryl methyl sites for hydroxylation is 1. The smallest absolute Gasteiger partial charge is 0.270 e. The minimum absolute atomic E-state index is 0.0584. The molecule has 4 rings (SSSR count). The molecule has 7 heteroatoms. The molecule has 1 aromatic carbocycles. The molecule has 0 saturated carbocycles. The summed E-state index contributed by atoms with van der Waals surface area (Å²) in [5.74, 6) is 0.158. The van der Waals surface area contributed by atoms with Crippen LogP contribution < -0.4 is 5.43 Å². The van der Waals surface area contributed by atoms with Gasteiger partial charge in [-0.1, -0.05) is 29.8 Å². The van der Waals surface area contributed by atoms with Crippen molar-refractivity contribution in [2.24, 2.45) is 5.10 Å². The molecular weight excluding hydrogens is 342 g/mol. The van der Waals surface area contributed by atoms with Crippen molar-refractivity contribution in [3.05, 3.63) is 41.7 Å². The van der Waals surface area contributed by atoms with E-state index in [9.17, 15) is 9.59 Å². The Kier molecular flexibility index (Phi) is 4.75. The monoisotopic (exact) mass is 365 g/mol. The Balaban J connectivity index is 1.44. The van der Waals surface area contributed by atoms with Crippen molar-refractivity contribution in [2.75, 3.05) is 13.1 Å². The average molecular weight is 365 g/mol. The van der Waals surface area contributed by atoms with Gasteiger partial charge in [-0.15, -0.1) is 0 Å². The maximum Gasteiger partial charge on any atom is 0.270 e. The predicted octanol–water partition coefficient (Wildman–Crippen LogP) is 2.36. The van der Waals surface area contributed by atoms with Gasteiger partial charge in [0.05, 0.1) is 6.20 Å². The molecule has 0 unspecified atom stereocenters. The fourth-order valence-electron chi connectivity index (χ4n) is 3.83. The Hall–Kier alpha value is -2.96. The summed E-state index contributed by atoms with van der Waals surface area (Å²) < 4.78 is 0. The summed E-state index contributed by atoms with van der Waals surface area (Å²) in [7, 11) is 0. The number of likely N-dealkylation sites (tertiary alicyclic amines) is 1. The van der Waals surface area contributed by atoms with Gasteiger partial charge < -0.3 is 4.90 Å². The van der Waals surface area contributed by atoms with Crippen LogP contribution >= 0.6 is 0 Å². The lowest BCUT2D eigenvalue weighted by molar-refractivity contribution is -0.125. The summed E-state index contributed by atoms with van der Waals surface area (Å²) in [5, 5.41) is 11.4. The van der Waals surface area contributed by atoms with Gasteiger partial charge in [0.2, 0.25) is 5.91 Å². The standard InChI is InChI=1S/C20H23N5O2/c1-13-3-2-4-15(11-13)16-12-21-24-19(16)14-7-9-25(10-8-14)20(27)17-5-6-18(26)23-22-17/h2-4,11-12,14H,5-10H2,1H3,(H,21,24)(H,23,26). The van der Waals surface area contributed by atoms with Gasteiger partial charge in [0.1, 0.15) is 5.71 Å². The molecule has 27 heavy (non-hydrogen) atoms. The number of aromatic nitrogens is 2. The van der Waals surface area contributed by atoms with Crippen molar-refractivity contribution >= 4 is 17.5 Å². The van der Waals surface area contributed by atoms with E-state index in [1.165, 1.54) is 11.1 Å². The highest BCUT2D eigenvalue weighted by Gasteiger charge is 2.29. The van der Waals surface area contributed by atoms with Crippen LogP contribution in [0.4, 0.5) is 0 Å². The maximum absolute atomic E-state index is 12.6. The lowest BCUT2D eigenvalue weighted by Crippen LogP contribution is -2.43. The van der Waals surface area contributed by atoms with Crippen LogP contribution in [0.2, 0.25) is 0 Å². The topological polar surface area (TPSA) is 90.4 Å². The Morgan fingerprint density at radius 3 is 2.74 bits per heavy atom. The number of piperidine rings is 1. The van der Waals surface area contributed by atoms with Gasteiger partial charge in [-0.25, -0.2) is 5.43 Å². The molecule has 0 radical (unpaired) electrons. The van der Waals surface area contributed by atoms with Crippen LogP contribution in [0.15, 0.2) is 35.6 Å². The Labute approximate surface area is 157 Å². The fraction of sp³-hybridized carbons (Fsp3) is 0.400. The first-order valence-corrected chi connectivity index (χ1v) is 9.37. The van der Waals surface area contributed by atoms with Crippen LogP contribution in [-0.4, -0.2) is 45.7 Å². The second-order valence-corrected chi connectivity index (χ2v) is 7.23. The number of carbonyl (C=O) groups excluding carboxylic acids is 2. The fourth-order valence-corrected chi connectivity index (χ4v) is 3.83. The highest BCUT2D eigenvalue weighted by molar-refractivity contribution is 6.39. The van der Waals surface area contributed by atoms with E-state index in [2.05, 4.69) is 51.9 Å². The van der Waals surface area contributed by atoms with Crippen LogP contribution in [0.3, 0.4) is 0 Å². The number of H-pyrrole nitrogens is 1. The molecule has 2 aliphatic rings. The molecule has 7 nitrogen and oxygen atoms in total. The van der Waals surface area contributed by atoms with E-state index < -0.39 is 0 Å². The normalized spacial score (nSPS) is 18.2. The van der Waals surface area contributed by atoms with Gasteiger partial charge >= 0.3 is 0 Å². The lowest BCUT2D eigenvalue weighted by Gasteiger charge is -2.32. The third kappa shape index (κ3) is 3.63. The Bertz CT molecular complexity index is 893. The number of hydrogen-bond acceptors (Lipinski definition) is 4. The van der Waals surface area contributed by atoms with Crippen molar-refractivity contribution in [2.45, 2.75) is 38.5 Å². The number of hydrazone groups is 1. The zero-order valence-electron chi connectivity index (χ0n) is 15.4. The minimum Gasteiger partial charge on any atom is -0.337 e. The summed E-state index contributed by atoms with van der Waals surface area (Å²) in [6.45, 7) is 3.45. The second kappa shape index (κ2) is 7.34. The second-order valence-electron chi connectivity index (χ2n) is 7.23. The number of nitrogens with zero attached hydrogens (tertiary/aromatic N) is 3. The van der Waals surface area contributed by atoms with E-state index in [1.54, 1.807) is 0 Å². The molecular formula is C20H23N5O2. The van der Waals surface area contributed by atoms with Gasteiger partial charge in [-0.3, -0.25) is 14.7 Å². The highest BCUT2D eigenvalue weighted by atomic mass is 16.2. The van der Waals surface area contributed by atoms with Crippen molar-refractivity contribution < 1.29 is 9.59 Å². The SMILES string of the molecule is Cc1cccc(-c2cn[nH]c2C2CCN(C(=O)C3=NNC(=O)CC3)CC2)c1. The molecule has 0 aliphatic carbocycles. The maximum atomic E-state index is 12.6. The number of amides is 2. The molecule has 1 aromatic heterocycles. The molecule has 2 N–H and O–H groups in total. The molecule has 2 aromatic rings. The van der Waals surface area contributed by atoms with Gasteiger partial charge in [0.25, 0.3) is 5.91 Å². The van der Waals surface area contributed by atoms with Crippen LogP contribution in [0.1, 0.15) is 42.9 Å². The molecule has 2 aliphatic heterocycles. The number of rotatable bonds is 3. The van der Waals surface area contributed by atoms with Crippen molar-refractivity contribution in [1.29, 1.82) is 0 Å². The van der Waals surface area contributed by atoms with Crippen LogP contribution in [0, 0.1) is 6.92 Å². The lowest BCUT2D eigenvalue weighted by atomic mass is 9.89. The van der Waals surface area contributed by atoms with E-state index in [-0.39, 0.29) is 11.8 Å². The van der Waals surface area contributed by atoms with E-state index in [4.69, 9.17) is 0 Å². The molecule has 0 atom stereocenters. The van der Waals surface area contributed by atoms with E-state index in [0.29, 0.717) is 37.6 Å². The molecule has 3 heterocycles. The van der Waals surface area contributed by atoms with E-state index >= 15 is 0 Å². The molecule has 2 amide bonds. The summed E-state index contributed by atoms with van der Waals surface area (Å²) in [4.78, 5) is 25.6. The third-order valence-electron chi connectivity index (χ3n) is 5.34. The summed E-state index contributed by atoms with van der Waals surface area (Å²) in [5.41, 5.74) is 7.54. The zero-order valence-corrected chi connectivity index (χ0v) is 15.4. The molecule has 140 valence electrons. The van der Waals surface area contributed by atoms with Gasteiger partial charge in [0.15, 0.2) is 0 Å². The van der Waals surface area contributed by atoms with Crippen LogP contribution in [0.25, 0.3) is 11.1 Å². The van der Waals surface area contributed by atoms with E-state index in [0.717, 1.165) is 24.1 Å². The molecule has 1 saturated heterocycles. The first kappa shape index (κ1) is 17.5. The zero-order chi connectivity index (χ0) is 18.8. The van der Waals surface area contributed by atoms with E-state index in [1.807, 2.05) is 11.1 Å². The predicted molar refractivity (Wildman–Crippen MR) is 102 cm³/mol. The number of carbonyl (C=O) groups is 2. The van der Waals surface area contributed by atoms with Crippen LogP contribution in [0.5, 0.6) is 0 Å². The summed E-state index contributed by atoms with van der Waals surface area (Å²) in [6, 6.07) is 8.42. The quantitative estimate of drug-likeness (QED) is 0.875. The van der Waals surface area contributed by atoms with Crippen LogP contribution in [-0.2, 0) is 9.59 Å². The van der Waals surface area contributed by atoms with Crippen molar-refractivity contribution in [3.63, 3.8) is 0 Å². The number of benzene rings is 1. The number of nitrogens with one attached hydrogen (secondary N) is 2. The Morgan fingerprint density at radius 2 is 2.04 bits per heavy atom. The highest BCUT2D eigenvalue weighted by Crippen LogP contribution is 2.34. The van der Waals surface area contributed by atoms with Gasteiger partial charge in [0, 0.05) is 43.1 Å². The third-order valence-corrected chi connectivity index (χ3v) is 5.34. The summed E-state index contributed by atoms with van der Waals surface area (Å²) >= 11 is 0. The summed E-state index contributed by atoms with van der Waals surface area (Å²) in [6.07, 6.45) is 4.40. The first-order valence-electron chi connectivity index (χ1n) is 9.37. The van der Waals surface area contributed by atoms with Crippen molar-refractivity contribution in [1.82, 2.24) is 20.5 Å². The van der Waals surface area contributed by atoms with Gasteiger partial charge in [-0.05, 0) is 25.3 Å². The molecule has 0 spiro atoms. The number of aromatic amines is 1. The average Bonchev–Trinajstić information content (AvgIpc) is 3.18. The minimum atomic E-state index is -0.131. The first-order chi connectivity index (χ1) is 13.1. The molecule has 1 fully saturated rings. The largest absolute Gasteiger partial charge is 0.337 e. The Morgan fingerprint density at radius 1 is 1.22 bits per heavy atom. The number of hydrogen-bond donors (Lipinski definition) is 2. The van der Waals surface area contributed by atoms with Crippen molar-refractivity contribution in [3.8, 4) is 11.1 Å². The van der Waals surface area contributed by atoms with Gasteiger partial charge in [-0.2, -0.15) is 10.2 Å². The molecule has 0 bridgehead atoms.